The number of aryl methyl sites for hydroxylation is 1. The Morgan fingerprint density at radius 3 is 3.09 bits per heavy atom. The molecule has 0 spiro atoms. The molecule has 0 unspecified atom stereocenters. The molecule has 56 valence electrons. The zero-order valence-corrected chi connectivity index (χ0v) is 6.18. The van der Waals surface area contributed by atoms with Crippen LogP contribution in [0.4, 0.5) is 0 Å². The maximum Gasteiger partial charge on any atom is 0.190 e. The van der Waals surface area contributed by atoms with Crippen LogP contribution < -0.4 is 0 Å². The highest BCUT2D eigenvalue weighted by atomic mass is 16.1. The van der Waals surface area contributed by atoms with Gasteiger partial charge in [0.05, 0.1) is 0 Å². The number of aromatic amines is 1. The summed E-state index contributed by atoms with van der Waals surface area (Å²) in [7, 11) is 0. The Labute approximate surface area is 64.9 Å². The lowest BCUT2D eigenvalue weighted by atomic mass is 9.93. The van der Waals surface area contributed by atoms with E-state index in [1.165, 1.54) is 0 Å². The van der Waals surface area contributed by atoms with Crippen LogP contribution in [-0.4, -0.2) is 10.8 Å². The lowest BCUT2D eigenvalue weighted by molar-refractivity contribution is 0.102. The van der Waals surface area contributed by atoms with Gasteiger partial charge < -0.3 is 4.98 Å². The van der Waals surface area contributed by atoms with E-state index in [1.54, 1.807) is 6.20 Å². The Morgan fingerprint density at radius 2 is 2.27 bits per heavy atom. The van der Waals surface area contributed by atoms with Gasteiger partial charge in [0, 0.05) is 17.5 Å². The van der Waals surface area contributed by atoms with Crippen molar-refractivity contribution in [2.24, 2.45) is 0 Å². The normalized spacial score (nSPS) is 16.7. The number of allylic oxidation sites excluding steroid dienone is 1. The molecule has 2 nitrogen and oxygen atoms in total. The van der Waals surface area contributed by atoms with E-state index in [0.717, 1.165) is 29.7 Å². The molecule has 1 aliphatic rings. The molecule has 1 aromatic rings. The molecule has 0 aliphatic heterocycles. The van der Waals surface area contributed by atoms with Gasteiger partial charge in [0.1, 0.15) is 0 Å². The smallest absolute Gasteiger partial charge is 0.190 e. The fourth-order valence-electron chi connectivity index (χ4n) is 1.40. The molecule has 0 atom stereocenters. The molecule has 2 rings (SSSR count). The number of hydrogen-bond donors (Lipinski definition) is 1. The van der Waals surface area contributed by atoms with Crippen LogP contribution >= 0.6 is 0 Å². The zero-order valence-electron chi connectivity index (χ0n) is 6.18. The molecule has 0 fully saturated rings. The number of rotatable bonds is 0. The topological polar surface area (TPSA) is 32.9 Å². The van der Waals surface area contributed by atoms with Gasteiger partial charge in [0.25, 0.3) is 0 Å². The highest BCUT2D eigenvalue weighted by Crippen LogP contribution is 2.22. The first kappa shape index (κ1) is 6.40. The number of carbonyl (C=O) groups excluding carboxylic acids is 1. The molecule has 2 heteroatoms. The summed E-state index contributed by atoms with van der Waals surface area (Å²) in [6.45, 7) is 3.71. The fourth-order valence-corrected chi connectivity index (χ4v) is 1.40. The predicted octanol–water partition coefficient (Wildman–Crippen LogP) is 1.70. The van der Waals surface area contributed by atoms with E-state index in [2.05, 4.69) is 11.6 Å². The second kappa shape index (κ2) is 2.09. The van der Waals surface area contributed by atoms with Crippen molar-refractivity contribution >= 4 is 5.78 Å². The fraction of sp³-hybridized carbons (Fsp3) is 0.222. The molecule has 1 aromatic heterocycles. The SMILES string of the molecule is C=C1CCc2[nH]ccc2C1=O. The van der Waals surface area contributed by atoms with Crippen molar-refractivity contribution in [3.63, 3.8) is 0 Å². The van der Waals surface area contributed by atoms with Gasteiger partial charge in [-0.2, -0.15) is 0 Å². The van der Waals surface area contributed by atoms with Gasteiger partial charge >= 0.3 is 0 Å². The van der Waals surface area contributed by atoms with Gasteiger partial charge in [-0.1, -0.05) is 6.58 Å². The first-order valence-corrected chi connectivity index (χ1v) is 3.68. The number of carbonyl (C=O) groups is 1. The van der Waals surface area contributed by atoms with Gasteiger partial charge in [-0.25, -0.2) is 0 Å². The van der Waals surface area contributed by atoms with Crippen molar-refractivity contribution in [1.29, 1.82) is 0 Å². The number of Topliss-reactive ketones (excluding diaryl/α,β-unsaturated/α-hetero) is 1. The van der Waals surface area contributed by atoms with Gasteiger partial charge in [0.2, 0.25) is 0 Å². The minimum atomic E-state index is 0.104. The number of aromatic nitrogens is 1. The quantitative estimate of drug-likeness (QED) is 0.556. The standard InChI is InChI=1S/C9H9NO/c1-6-2-3-8-7(9(6)11)4-5-10-8/h4-5,10H,1-3H2. The lowest BCUT2D eigenvalue weighted by Crippen LogP contribution is -2.11. The Balaban J connectivity index is 2.54. The number of hydrogen-bond acceptors (Lipinski definition) is 1. The second-order valence-corrected chi connectivity index (χ2v) is 2.80. The molecule has 0 bridgehead atoms. The molecule has 0 radical (unpaired) electrons. The van der Waals surface area contributed by atoms with Crippen molar-refractivity contribution < 1.29 is 4.79 Å². The van der Waals surface area contributed by atoms with Crippen molar-refractivity contribution in [2.45, 2.75) is 12.8 Å². The van der Waals surface area contributed by atoms with Crippen LogP contribution in [0, 0.1) is 0 Å². The van der Waals surface area contributed by atoms with Gasteiger partial charge in [-0.3, -0.25) is 4.79 Å². The molecular weight excluding hydrogens is 138 g/mol. The highest BCUT2D eigenvalue weighted by Gasteiger charge is 2.20. The van der Waals surface area contributed by atoms with Crippen molar-refractivity contribution in [2.75, 3.05) is 0 Å². The Morgan fingerprint density at radius 1 is 1.45 bits per heavy atom. The summed E-state index contributed by atoms with van der Waals surface area (Å²) in [6.07, 6.45) is 3.53. The maximum atomic E-state index is 11.4. The number of ketones is 1. The van der Waals surface area contributed by atoms with Crippen LogP contribution in [0.3, 0.4) is 0 Å². The van der Waals surface area contributed by atoms with Crippen LogP contribution in [0.15, 0.2) is 24.4 Å². The monoisotopic (exact) mass is 147 g/mol. The predicted molar refractivity (Wildman–Crippen MR) is 42.6 cm³/mol. The van der Waals surface area contributed by atoms with E-state index in [0.29, 0.717) is 0 Å². The first-order chi connectivity index (χ1) is 5.29. The van der Waals surface area contributed by atoms with E-state index in [9.17, 15) is 4.79 Å². The zero-order chi connectivity index (χ0) is 7.84. The van der Waals surface area contributed by atoms with E-state index in [4.69, 9.17) is 0 Å². The summed E-state index contributed by atoms with van der Waals surface area (Å²) in [5, 5.41) is 0. The lowest BCUT2D eigenvalue weighted by Gasteiger charge is -2.11. The highest BCUT2D eigenvalue weighted by molar-refractivity contribution is 6.10. The van der Waals surface area contributed by atoms with Gasteiger partial charge in [0.15, 0.2) is 5.78 Å². The third-order valence-corrected chi connectivity index (χ3v) is 2.08. The maximum absolute atomic E-state index is 11.4. The molecule has 1 heterocycles. The van der Waals surface area contributed by atoms with E-state index in [1.807, 2.05) is 6.07 Å². The van der Waals surface area contributed by atoms with E-state index < -0.39 is 0 Å². The minimum Gasteiger partial charge on any atom is -0.364 e. The van der Waals surface area contributed by atoms with Crippen LogP contribution in [0.2, 0.25) is 0 Å². The van der Waals surface area contributed by atoms with E-state index in [-0.39, 0.29) is 5.78 Å². The van der Waals surface area contributed by atoms with Gasteiger partial charge in [-0.05, 0) is 24.5 Å². The third-order valence-electron chi connectivity index (χ3n) is 2.08. The first-order valence-electron chi connectivity index (χ1n) is 3.68. The second-order valence-electron chi connectivity index (χ2n) is 2.80. The molecule has 1 aliphatic carbocycles. The Bertz CT molecular complexity index is 322. The number of nitrogens with one attached hydrogen (secondary N) is 1. The average molecular weight is 147 g/mol. The summed E-state index contributed by atoms with van der Waals surface area (Å²) in [5.74, 6) is 0.104. The van der Waals surface area contributed by atoms with Crippen LogP contribution in [0.1, 0.15) is 22.5 Å². The van der Waals surface area contributed by atoms with Crippen LogP contribution in [0.25, 0.3) is 0 Å². The molecular formula is C9H9NO. The molecule has 1 N–H and O–H groups in total. The third kappa shape index (κ3) is 0.827. The van der Waals surface area contributed by atoms with E-state index >= 15 is 0 Å². The summed E-state index contributed by atoms with van der Waals surface area (Å²) < 4.78 is 0. The summed E-state index contributed by atoms with van der Waals surface area (Å²) in [4.78, 5) is 14.4. The molecule has 0 saturated heterocycles. The van der Waals surface area contributed by atoms with Crippen molar-refractivity contribution in [1.82, 2.24) is 4.98 Å². The summed E-state index contributed by atoms with van der Waals surface area (Å²) in [5.41, 5.74) is 2.60. The molecule has 0 aromatic carbocycles. The Hall–Kier alpha value is -1.31. The minimum absolute atomic E-state index is 0.104. The summed E-state index contributed by atoms with van der Waals surface area (Å²) in [6, 6.07) is 1.82. The summed E-state index contributed by atoms with van der Waals surface area (Å²) >= 11 is 0. The van der Waals surface area contributed by atoms with Crippen molar-refractivity contribution in [3.05, 3.63) is 35.7 Å². The molecule has 11 heavy (non-hydrogen) atoms. The Kier molecular flexibility index (Phi) is 1.22. The number of H-pyrrole nitrogens is 1. The largest absolute Gasteiger partial charge is 0.364 e. The average Bonchev–Trinajstić information content (AvgIpc) is 2.45. The number of fused-ring (bicyclic) bond motifs is 1. The van der Waals surface area contributed by atoms with Crippen LogP contribution in [-0.2, 0) is 6.42 Å². The van der Waals surface area contributed by atoms with Crippen molar-refractivity contribution in [3.8, 4) is 0 Å². The van der Waals surface area contributed by atoms with Gasteiger partial charge in [-0.15, -0.1) is 0 Å². The van der Waals surface area contributed by atoms with Crippen LogP contribution in [0.5, 0.6) is 0 Å². The molecule has 0 saturated carbocycles. The molecule has 0 amide bonds.